The summed E-state index contributed by atoms with van der Waals surface area (Å²) in [7, 11) is 1.68. The molecule has 1 amide bonds. The molecule has 7 heteroatoms. The third-order valence-corrected chi connectivity index (χ3v) is 5.01. The number of amides is 1. The normalized spacial score (nSPS) is 11.1. The Hall–Kier alpha value is -3.61. The molecular formula is C22H21N5O2. The molecule has 0 saturated carbocycles. The Kier molecular flexibility index (Phi) is 4.80. The third kappa shape index (κ3) is 3.59. The predicted molar refractivity (Wildman–Crippen MR) is 111 cm³/mol. The summed E-state index contributed by atoms with van der Waals surface area (Å²) in [6, 6.07) is 13.2. The zero-order chi connectivity index (χ0) is 20.5. The second kappa shape index (κ2) is 7.43. The van der Waals surface area contributed by atoms with Crippen molar-refractivity contribution in [1.82, 2.24) is 24.4 Å². The van der Waals surface area contributed by atoms with Crippen LogP contribution in [0, 0.1) is 13.8 Å². The van der Waals surface area contributed by atoms with Gasteiger partial charge in [0.25, 0.3) is 5.56 Å². The minimum Gasteiger partial charge on any atom is -0.337 e. The van der Waals surface area contributed by atoms with E-state index in [9.17, 15) is 9.59 Å². The maximum absolute atomic E-state index is 12.7. The zero-order valence-corrected chi connectivity index (χ0v) is 16.6. The van der Waals surface area contributed by atoms with Crippen LogP contribution >= 0.6 is 0 Å². The number of fused-ring (bicyclic) bond motifs is 2. The first-order chi connectivity index (χ1) is 13.9. The Balaban J connectivity index is 1.55. The monoisotopic (exact) mass is 387 g/mol. The zero-order valence-electron chi connectivity index (χ0n) is 16.6. The van der Waals surface area contributed by atoms with Crippen molar-refractivity contribution in [2.24, 2.45) is 0 Å². The number of rotatable bonds is 4. The number of hydrogen-bond donors (Lipinski definition) is 0. The summed E-state index contributed by atoms with van der Waals surface area (Å²) in [5, 5.41) is 1.51. The molecule has 0 saturated heterocycles. The van der Waals surface area contributed by atoms with Crippen molar-refractivity contribution in [3.8, 4) is 0 Å². The van der Waals surface area contributed by atoms with E-state index in [1.165, 1.54) is 15.8 Å². The van der Waals surface area contributed by atoms with E-state index in [-0.39, 0.29) is 24.6 Å². The van der Waals surface area contributed by atoms with Crippen molar-refractivity contribution in [2.75, 3.05) is 7.05 Å². The fraction of sp³-hybridized carbons (Fsp3) is 0.227. The fourth-order valence-corrected chi connectivity index (χ4v) is 3.38. The van der Waals surface area contributed by atoms with Gasteiger partial charge in [-0.15, -0.1) is 0 Å². The lowest BCUT2D eigenvalue weighted by Gasteiger charge is -2.17. The van der Waals surface area contributed by atoms with Crippen molar-refractivity contribution < 1.29 is 4.79 Å². The molecule has 0 aliphatic rings. The molecule has 2 aromatic heterocycles. The summed E-state index contributed by atoms with van der Waals surface area (Å²) in [5.41, 5.74) is 3.09. The molecule has 0 bridgehead atoms. The van der Waals surface area contributed by atoms with E-state index in [1.54, 1.807) is 13.1 Å². The maximum atomic E-state index is 12.7. The third-order valence-electron chi connectivity index (χ3n) is 5.01. The molecule has 4 rings (SSSR count). The van der Waals surface area contributed by atoms with Crippen molar-refractivity contribution in [1.29, 1.82) is 0 Å². The Labute approximate surface area is 167 Å². The first-order valence-corrected chi connectivity index (χ1v) is 9.35. The SMILES string of the molecule is Cc1nc(CN(C)C(=O)Cn2cnc3c(C)cccc3c2=O)nc2ccccc12. The Bertz CT molecular complexity index is 1300. The quantitative estimate of drug-likeness (QED) is 0.538. The molecule has 2 aromatic carbocycles. The molecule has 29 heavy (non-hydrogen) atoms. The first-order valence-electron chi connectivity index (χ1n) is 9.35. The summed E-state index contributed by atoms with van der Waals surface area (Å²) in [5.74, 6) is 0.354. The fourth-order valence-electron chi connectivity index (χ4n) is 3.38. The van der Waals surface area contributed by atoms with Crippen LogP contribution in [0.4, 0.5) is 0 Å². The van der Waals surface area contributed by atoms with Crippen LogP contribution in [-0.2, 0) is 17.9 Å². The molecule has 0 radical (unpaired) electrons. The molecule has 0 aliphatic carbocycles. The van der Waals surface area contributed by atoms with Gasteiger partial charge in [-0.2, -0.15) is 0 Å². The molecular weight excluding hydrogens is 366 g/mol. The average molecular weight is 387 g/mol. The summed E-state index contributed by atoms with van der Waals surface area (Å²) < 4.78 is 1.34. The smallest absolute Gasteiger partial charge is 0.261 e. The number of carbonyl (C=O) groups is 1. The number of aryl methyl sites for hydroxylation is 2. The molecule has 0 fully saturated rings. The van der Waals surface area contributed by atoms with Gasteiger partial charge in [-0.05, 0) is 31.5 Å². The van der Waals surface area contributed by atoms with Crippen LogP contribution in [0.3, 0.4) is 0 Å². The van der Waals surface area contributed by atoms with Crippen molar-refractivity contribution in [2.45, 2.75) is 26.9 Å². The second-order valence-electron chi connectivity index (χ2n) is 7.14. The van der Waals surface area contributed by atoms with Crippen LogP contribution in [0.15, 0.2) is 53.6 Å². The number of para-hydroxylation sites is 2. The van der Waals surface area contributed by atoms with Crippen LogP contribution in [0.5, 0.6) is 0 Å². The maximum Gasteiger partial charge on any atom is 0.261 e. The van der Waals surface area contributed by atoms with Gasteiger partial charge in [0.05, 0.1) is 29.3 Å². The number of aromatic nitrogens is 4. The van der Waals surface area contributed by atoms with E-state index in [0.29, 0.717) is 16.7 Å². The molecule has 4 aromatic rings. The largest absolute Gasteiger partial charge is 0.337 e. The number of nitrogens with zero attached hydrogens (tertiary/aromatic N) is 5. The summed E-state index contributed by atoms with van der Waals surface area (Å²) in [4.78, 5) is 40.4. The van der Waals surface area contributed by atoms with Crippen LogP contribution in [-0.4, -0.2) is 37.4 Å². The van der Waals surface area contributed by atoms with Gasteiger partial charge in [0.15, 0.2) is 0 Å². The second-order valence-corrected chi connectivity index (χ2v) is 7.14. The minimum absolute atomic E-state index is 0.0845. The highest BCUT2D eigenvalue weighted by molar-refractivity contribution is 5.82. The van der Waals surface area contributed by atoms with Crippen LogP contribution < -0.4 is 5.56 Å². The highest BCUT2D eigenvalue weighted by atomic mass is 16.2. The van der Waals surface area contributed by atoms with Crippen molar-refractivity contribution in [3.05, 3.63) is 76.2 Å². The van der Waals surface area contributed by atoms with Gasteiger partial charge < -0.3 is 4.90 Å². The van der Waals surface area contributed by atoms with Gasteiger partial charge >= 0.3 is 0 Å². The lowest BCUT2D eigenvalue weighted by atomic mass is 10.1. The van der Waals surface area contributed by atoms with Crippen molar-refractivity contribution >= 4 is 27.7 Å². The molecule has 0 aliphatic heterocycles. The van der Waals surface area contributed by atoms with E-state index in [0.717, 1.165) is 22.2 Å². The van der Waals surface area contributed by atoms with Gasteiger partial charge in [-0.25, -0.2) is 15.0 Å². The number of carbonyl (C=O) groups excluding carboxylic acids is 1. The van der Waals surface area contributed by atoms with Gasteiger partial charge in [0.2, 0.25) is 5.91 Å². The number of benzene rings is 2. The van der Waals surface area contributed by atoms with E-state index < -0.39 is 0 Å². The van der Waals surface area contributed by atoms with Gasteiger partial charge in [0.1, 0.15) is 12.4 Å². The highest BCUT2D eigenvalue weighted by Crippen LogP contribution is 2.15. The average Bonchev–Trinajstić information content (AvgIpc) is 2.70. The molecule has 0 atom stereocenters. The predicted octanol–water partition coefficient (Wildman–Crippen LogP) is 2.62. The van der Waals surface area contributed by atoms with E-state index in [4.69, 9.17) is 0 Å². The standard InChI is InChI=1S/C22H21N5O2/c1-14-7-6-9-17-21(14)23-13-27(22(17)29)12-20(28)26(3)11-19-24-15(2)16-8-4-5-10-18(16)25-19/h4-10,13H,11-12H2,1-3H3. The van der Waals surface area contributed by atoms with Gasteiger partial charge in [-0.1, -0.05) is 30.3 Å². The van der Waals surface area contributed by atoms with E-state index in [1.807, 2.05) is 50.2 Å². The van der Waals surface area contributed by atoms with Crippen molar-refractivity contribution in [3.63, 3.8) is 0 Å². The van der Waals surface area contributed by atoms with Crippen LogP contribution in [0.1, 0.15) is 17.1 Å². The highest BCUT2D eigenvalue weighted by Gasteiger charge is 2.15. The first kappa shape index (κ1) is 18.7. The lowest BCUT2D eigenvalue weighted by Crippen LogP contribution is -2.34. The summed E-state index contributed by atoms with van der Waals surface area (Å²) in [6.07, 6.45) is 1.43. The summed E-state index contributed by atoms with van der Waals surface area (Å²) in [6.45, 7) is 4.01. The minimum atomic E-state index is -0.224. The van der Waals surface area contributed by atoms with Crippen LogP contribution in [0.25, 0.3) is 21.8 Å². The van der Waals surface area contributed by atoms with Gasteiger partial charge in [0, 0.05) is 18.1 Å². The molecule has 146 valence electrons. The number of likely N-dealkylation sites (N-methyl/N-ethyl adjacent to an activating group) is 1. The molecule has 7 nitrogen and oxygen atoms in total. The molecule has 0 unspecified atom stereocenters. The molecule has 2 heterocycles. The van der Waals surface area contributed by atoms with E-state index >= 15 is 0 Å². The van der Waals surface area contributed by atoms with E-state index in [2.05, 4.69) is 15.0 Å². The summed E-state index contributed by atoms with van der Waals surface area (Å²) >= 11 is 0. The lowest BCUT2D eigenvalue weighted by molar-refractivity contribution is -0.131. The van der Waals surface area contributed by atoms with Crippen LogP contribution in [0.2, 0.25) is 0 Å². The molecule has 0 N–H and O–H groups in total. The topological polar surface area (TPSA) is 81.0 Å². The molecule has 0 spiro atoms. The van der Waals surface area contributed by atoms with Gasteiger partial charge in [-0.3, -0.25) is 14.2 Å². The Morgan fingerprint density at radius 3 is 2.62 bits per heavy atom. The Morgan fingerprint density at radius 2 is 1.79 bits per heavy atom. The Morgan fingerprint density at radius 1 is 1.03 bits per heavy atom. The number of hydrogen-bond acceptors (Lipinski definition) is 5.